The number of benzene rings is 1. The van der Waals surface area contributed by atoms with Gasteiger partial charge in [-0.05, 0) is 59.5 Å². The van der Waals surface area contributed by atoms with Crippen LogP contribution < -0.4 is 11.3 Å². The van der Waals surface area contributed by atoms with Gasteiger partial charge in [0.2, 0.25) is 0 Å². The Morgan fingerprint density at radius 3 is 2.78 bits per heavy atom. The van der Waals surface area contributed by atoms with Crippen LogP contribution in [0.2, 0.25) is 0 Å². The molecule has 3 nitrogen and oxygen atoms in total. The summed E-state index contributed by atoms with van der Waals surface area (Å²) in [5.74, 6) is 6.27. The number of halogens is 1. The first kappa shape index (κ1) is 14.2. The average Bonchev–Trinajstić information content (AvgIpc) is 2.86. The van der Waals surface area contributed by atoms with Crippen LogP contribution in [-0.2, 0) is 11.2 Å². The number of hydrogen-bond donors (Lipinski definition) is 2. The zero-order chi connectivity index (χ0) is 13.0. The van der Waals surface area contributed by atoms with Gasteiger partial charge in [0.1, 0.15) is 0 Å². The molecule has 1 aliphatic heterocycles. The van der Waals surface area contributed by atoms with E-state index in [-0.39, 0.29) is 0 Å². The Morgan fingerprint density at radius 2 is 2.17 bits per heavy atom. The van der Waals surface area contributed by atoms with Crippen LogP contribution in [0.3, 0.4) is 0 Å². The van der Waals surface area contributed by atoms with E-state index in [4.69, 9.17) is 10.6 Å². The summed E-state index contributed by atoms with van der Waals surface area (Å²) in [5.41, 5.74) is 4.32. The zero-order valence-electron chi connectivity index (χ0n) is 10.7. The summed E-state index contributed by atoms with van der Waals surface area (Å²) >= 11 is 2.33. The van der Waals surface area contributed by atoms with Crippen molar-refractivity contribution < 1.29 is 4.74 Å². The Balaban J connectivity index is 2.02. The van der Waals surface area contributed by atoms with Crippen molar-refractivity contribution >= 4 is 22.6 Å². The first-order valence-corrected chi connectivity index (χ1v) is 7.64. The summed E-state index contributed by atoms with van der Waals surface area (Å²) in [5, 5.41) is 0. The smallest absolute Gasteiger partial charge is 0.0617 e. The molecule has 18 heavy (non-hydrogen) atoms. The Morgan fingerprint density at radius 1 is 1.44 bits per heavy atom. The lowest BCUT2D eigenvalue weighted by atomic mass is 9.88. The Bertz CT molecular complexity index is 369. The van der Waals surface area contributed by atoms with Crippen LogP contribution in [-0.4, -0.2) is 18.8 Å². The fourth-order valence-electron chi connectivity index (χ4n) is 2.75. The molecule has 0 saturated carbocycles. The van der Waals surface area contributed by atoms with Gasteiger partial charge >= 0.3 is 0 Å². The fraction of sp³-hybridized carbons (Fsp3) is 0.571. The SMILES string of the molecule is CCC1OCCC1C(Cc1ccc(I)cc1)NN. The molecule has 3 atom stereocenters. The van der Waals surface area contributed by atoms with E-state index in [1.807, 2.05) is 0 Å². The second-order valence-electron chi connectivity index (χ2n) is 4.87. The molecule has 1 fully saturated rings. The minimum Gasteiger partial charge on any atom is -0.378 e. The number of nitrogens with two attached hydrogens (primary N) is 1. The third-order valence-corrected chi connectivity index (χ3v) is 4.48. The van der Waals surface area contributed by atoms with E-state index in [1.165, 1.54) is 9.13 Å². The van der Waals surface area contributed by atoms with Gasteiger partial charge in [0.15, 0.2) is 0 Å². The molecule has 1 aromatic carbocycles. The quantitative estimate of drug-likeness (QED) is 0.482. The van der Waals surface area contributed by atoms with Crippen molar-refractivity contribution in [2.24, 2.45) is 11.8 Å². The molecule has 0 aromatic heterocycles. The zero-order valence-corrected chi connectivity index (χ0v) is 12.9. The highest BCUT2D eigenvalue weighted by molar-refractivity contribution is 14.1. The molecule has 0 radical (unpaired) electrons. The largest absolute Gasteiger partial charge is 0.378 e. The summed E-state index contributed by atoms with van der Waals surface area (Å²) < 4.78 is 7.03. The standard InChI is InChI=1S/C14H21IN2O/c1-2-14-12(7-8-18-14)13(17-16)9-10-3-5-11(15)6-4-10/h3-6,12-14,17H,2,7-9,16H2,1H3. The van der Waals surface area contributed by atoms with Crippen molar-refractivity contribution in [1.29, 1.82) is 0 Å². The molecule has 1 saturated heterocycles. The maximum Gasteiger partial charge on any atom is 0.0617 e. The summed E-state index contributed by atoms with van der Waals surface area (Å²) in [6.45, 7) is 3.05. The highest BCUT2D eigenvalue weighted by Crippen LogP contribution is 2.28. The van der Waals surface area contributed by atoms with Crippen molar-refractivity contribution in [3.63, 3.8) is 0 Å². The normalized spacial score (nSPS) is 25.3. The van der Waals surface area contributed by atoms with Crippen LogP contribution in [0.4, 0.5) is 0 Å². The van der Waals surface area contributed by atoms with E-state index in [2.05, 4.69) is 59.2 Å². The highest BCUT2D eigenvalue weighted by Gasteiger charge is 2.33. The molecule has 4 heteroatoms. The van der Waals surface area contributed by atoms with Crippen molar-refractivity contribution in [2.75, 3.05) is 6.61 Å². The van der Waals surface area contributed by atoms with E-state index in [1.54, 1.807) is 0 Å². The van der Waals surface area contributed by atoms with Gasteiger partial charge in [-0.15, -0.1) is 0 Å². The molecule has 3 N–H and O–H groups in total. The molecular weight excluding hydrogens is 339 g/mol. The van der Waals surface area contributed by atoms with E-state index in [9.17, 15) is 0 Å². The maximum absolute atomic E-state index is 5.76. The molecule has 100 valence electrons. The van der Waals surface area contributed by atoms with Crippen molar-refractivity contribution in [2.45, 2.75) is 38.3 Å². The number of rotatable bonds is 5. The number of hydrogen-bond acceptors (Lipinski definition) is 3. The number of nitrogens with one attached hydrogen (secondary N) is 1. The molecule has 0 spiro atoms. The summed E-state index contributed by atoms with van der Waals surface area (Å²) in [7, 11) is 0. The predicted molar refractivity (Wildman–Crippen MR) is 82.1 cm³/mol. The molecule has 0 amide bonds. The minimum absolute atomic E-state index is 0.303. The second-order valence-corrected chi connectivity index (χ2v) is 6.12. The monoisotopic (exact) mass is 360 g/mol. The third-order valence-electron chi connectivity index (χ3n) is 3.76. The predicted octanol–water partition coefficient (Wildman–Crippen LogP) is 2.48. The number of ether oxygens (including phenoxy) is 1. The van der Waals surface area contributed by atoms with Crippen molar-refractivity contribution in [3.05, 3.63) is 33.4 Å². The Labute approximate surface area is 123 Å². The van der Waals surface area contributed by atoms with E-state index in [0.29, 0.717) is 18.1 Å². The molecule has 0 bridgehead atoms. The minimum atomic E-state index is 0.303. The van der Waals surface area contributed by atoms with E-state index in [0.717, 1.165) is 25.9 Å². The average molecular weight is 360 g/mol. The van der Waals surface area contributed by atoms with E-state index >= 15 is 0 Å². The van der Waals surface area contributed by atoms with Gasteiger partial charge in [-0.2, -0.15) is 0 Å². The maximum atomic E-state index is 5.76. The summed E-state index contributed by atoms with van der Waals surface area (Å²) in [4.78, 5) is 0. The van der Waals surface area contributed by atoms with Crippen LogP contribution in [0, 0.1) is 9.49 Å². The van der Waals surface area contributed by atoms with Gasteiger partial charge in [0, 0.05) is 22.1 Å². The van der Waals surface area contributed by atoms with Crippen molar-refractivity contribution in [1.82, 2.24) is 5.43 Å². The third kappa shape index (κ3) is 3.44. The topological polar surface area (TPSA) is 47.3 Å². The Kier molecular flexibility index (Phi) is 5.41. The van der Waals surface area contributed by atoms with Crippen LogP contribution in [0.15, 0.2) is 24.3 Å². The molecule has 1 aromatic rings. The van der Waals surface area contributed by atoms with Crippen molar-refractivity contribution in [3.8, 4) is 0 Å². The lowest BCUT2D eigenvalue weighted by molar-refractivity contribution is 0.0775. The molecule has 0 aliphatic carbocycles. The first-order valence-electron chi connectivity index (χ1n) is 6.56. The van der Waals surface area contributed by atoms with Crippen LogP contribution in [0.5, 0.6) is 0 Å². The highest BCUT2D eigenvalue weighted by atomic mass is 127. The van der Waals surface area contributed by atoms with Crippen LogP contribution in [0.1, 0.15) is 25.3 Å². The molecular formula is C14H21IN2O. The second kappa shape index (κ2) is 6.84. The lowest BCUT2D eigenvalue weighted by Gasteiger charge is -2.26. The van der Waals surface area contributed by atoms with Gasteiger partial charge in [-0.3, -0.25) is 11.3 Å². The summed E-state index contributed by atoms with van der Waals surface area (Å²) in [6, 6.07) is 8.96. The van der Waals surface area contributed by atoms with Gasteiger partial charge in [0.25, 0.3) is 0 Å². The van der Waals surface area contributed by atoms with Crippen LogP contribution >= 0.6 is 22.6 Å². The van der Waals surface area contributed by atoms with E-state index < -0.39 is 0 Å². The molecule has 3 unspecified atom stereocenters. The molecule has 2 rings (SSSR count). The first-order chi connectivity index (χ1) is 8.74. The van der Waals surface area contributed by atoms with Gasteiger partial charge in [-0.25, -0.2) is 0 Å². The fourth-order valence-corrected chi connectivity index (χ4v) is 3.11. The van der Waals surface area contributed by atoms with Gasteiger partial charge in [-0.1, -0.05) is 19.1 Å². The Hall–Kier alpha value is -0.170. The van der Waals surface area contributed by atoms with Gasteiger partial charge < -0.3 is 4.74 Å². The number of hydrazine groups is 1. The lowest BCUT2D eigenvalue weighted by Crippen LogP contribution is -2.45. The molecule has 1 aliphatic rings. The molecule has 1 heterocycles. The van der Waals surface area contributed by atoms with Crippen LogP contribution in [0.25, 0.3) is 0 Å². The van der Waals surface area contributed by atoms with Gasteiger partial charge in [0.05, 0.1) is 6.10 Å². The summed E-state index contributed by atoms with van der Waals surface area (Å²) in [6.07, 6.45) is 3.50.